The highest BCUT2D eigenvalue weighted by Gasteiger charge is 2.21. The van der Waals surface area contributed by atoms with Gasteiger partial charge in [0, 0.05) is 23.8 Å². The maximum absolute atomic E-state index is 12.4. The number of aromatic nitrogens is 3. The molecule has 6 nitrogen and oxygen atoms in total. The van der Waals surface area contributed by atoms with Crippen molar-refractivity contribution >= 4 is 39.2 Å². The van der Waals surface area contributed by atoms with Gasteiger partial charge < -0.3 is 10.3 Å². The summed E-state index contributed by atoms with van der Waals surface area (Å²) >= 11 is 3.08. The molecule has 3 aromatic heterocycles. The number of nitrogens with one attached hydrogen (secondary N) is 2. The second-order valence-corrected chi connectivity index (χ2v) is 8.24. The van der Waals surface area contributed by atoms with Crippen LogP contribution in [0.25, 0.3) is 10.2 Å². The van der Waals surface area contributed by atoms with E-state index >= 15 is 0 Å². The summed E-state index contributed by atoms with van der Waals surface area (Å²) in [5.74, 6) is 1.43. The molecule has 0 saturated heterocycles. The number of thiophene rings is 1. The van der Waals surface area contributed by atoms with Crippen molar-refractivity contribution in [2.45, 2.75) is 31.6 Å². The third-order valence-electron chi connectivity index (χ3n) is 4.34. The summed E-state index contributed by atoms with van der Waals surface area (Å²) in [6.07, 6.45) is 6.57. The molecule has 0 fully saturated rings. The van der Waals surface area contributed by atoms with Gasteiger partial charge in [-0.15, -0.1) is 23.1 Å². The highest BCUT2D eigenvalue weighted by molar-refractivity contribution is 7.99. The number of aryl methyl sites for hydroxylation is 2. The van der Waals surface area contributed by atoms with Crippen molar-refractivity contribution in [1.82, 2.24) is 20.3 Å². The van der Waals surface area contributed by atoms with Gasteiger partial charge in [-0.2, -0.15) is 0 Å². The van der Waals surface area contributed by atoms with Crippen LogP contribution < -0.4 is 10.9 Å². The van der Waals surface area contributed by atoms with Crippen molar-refractivity contribution in [3.05, 3.63) is 56.7 Å². The second-order valence-electron chi connectivity index (χ2n) is 6.18. The molecule has 3 aromatic rings. The lowest BCUT2D eigenvalue weighted by Gasteiger charge is -2.05. The van der Waals surface area contributed by atoms with Crippen molar-refractivity contribution in [3.8, 4) is 0 Å². The molecular formula is C18H18N4O2S2. The zero-order valence-corrected chi connectivity index (χ0v) is 15.7. The number of thioether (sulfide) groups is 1. The van der Waals surface area contributed by atoms with Gasteiger partial charge in [-0.3, -0.25) is 14.6 Å². The molecule has 8 heteroatoms. The molecule has 4 rings (SSSR count). The van der Waals surface area contributed by atoms with Crippen LogP contribution in [0.3, 0.4) is 0 Å². The van der Waals surface area contributed by atoms with Gasteiger partial charge in [0.1, 0.15) is 10.7 Å². The molecule has 0 spiro atoms. The van der Waals surface area contributed by atoms with Crippen LogP contribution in [-0.2, 0) is 29.9 Å². The molecule has 3 heterocycles. The molecule has 0 saturated carbocycles. The summed E-state index contributed by atoms with van der Waals surface area (Å²) in [6.45, 7) is 0.490. The number of pyridine rings is 1. The minimum atomic E-state index is -0.0489. The minimum absolute atomic E-state index is 0.0367. The molecule has 0 aliphatic heterocycles. The predicted octanol–water partition coefficient (Wildman–Crippen LogP) is 2.42. The third-order valence-corrected chi connectivity index (χ3v) is 6.46. The van der Waals surface area contributed by atoms with E-state index in [4.69, 9.17) is 0 Å². The van der Waals surface area contributed by atoms with Crippen molar-refractivity contribution in [1.29, 1.82) is 0 Å². The Balaban J connectivity index is 1.33. The fraction of sp³-hybridized carbons (Fsp3) is 0.333. The Morgan fingerprint density at radius 1 is 1.31 bits per heavy atom. The van der Waals surface area contributed by atoms with E-state index in [0.29, 0.717) is 23.9 Å². The summed E-state index contributed by atoms with van der Waals surface area (Å²) in [7, 11) is 0. The van der Waals surface area contributed by atoms with Gasteiger partial charge in [-0.1, -0.05) is 0 Å². The molecule has 2 N–H and O–H groups in total. The number of nitrogens with zero attached hydrogens (tertiary/aromatic N) is 2. The van der Waals surface area contributed by atoms with Crippen molar-refractivity contribution in [2.75, 3.05) is 5.75 Å². The molecule has 0 bridgehead atoms. The van der Waals surface area contributed by atoms with Gasteiger partial charge in [-0.05, 0) is 42.5 Å². The van der Waals surface area contributed by atoms with Crippen molar-refractivity contribution < 1.29 is 4.79 Å². The van der Waals surface area contributed by atoms with Crippen molar-refractivity contribution in [2.24, 2.45) is 0 Å². The van der Waals surface area contributed by atoms with E-state index in [1.807, 2.05) is 12.1 Å². The number of carbonyl (C=O) groups excluding carboxylic acids is 1. The Labute approximate surface area is 158 Å². The number of aromatic amines is 1. The summed E-state index contributed by atoms with van der Waals surface area (Å²) < 4.78 is 0. The zero-order valence-electron chi connectivity index (χ0n) is 14.1. The zero-order chi connectivity index (χ0) is 17.9. The second kappa shape index (κ2) is 7.59. The molecule has 0 radical (unpaired) electrons. The maximum Gasteiger partial charge on any atom is 0.259 e. The molecule has 0 atom stereocenters. The van der Waals surface area contributed by atoms with Gasteiger partial charge >= 0.3 is 0 Å². The number of H-pyrrole nitrogens is 1. The molecule has 26 heavy (non-hydrogen) atoms. The van der Waals surface area contributed by atoms with Gasteiger partial charge in [0.25, 0.3) is 5.56 Å². The van der Waals surface area contributed by atoms with E-state index in [1.54, 1.807) is 23.7 Å². The van der Waals surface area contributed by atoms with Gasteiger partial charge in [-0.25, -0.2) is 4.98 Å². The highest BCUT2D eigenvalue weighted by Crippen LogP contribution is 2.34. The van der Waals surface area contributed by atoms with E-state index in [2.05, 4.69) is 20.3 Å². The van der Waals surface area contributed by atoms with E-state index in [0.717, 1.165) is 35.0 Å². The van der Waals surface area contributed by atoms with E-state index < -0.39 is 0 Å². The van der Waals surface area contributed by atoms with Crippen LogP contribution in [0.1, 0.15) is 28.2 Å². The lowest BCUT2D eigenvalue weighted by atomic mass is 10.2. The van der Waals surface area contributed by atoms with Gasteiger partial charge in [0.05, 0.1) is 16.9 Å². The molecule has 1 amide bonds. The molecule has 0 aromatic carbocycles. The first-order valence-electron chi connectivity index (χ1n) is 8.47. The average Bonchev–Trinajstić information content (AvgIpc) is 3.21. The third kappa shape index (κ3) is 3.66. The van der Waals surface area contributed by atoms with Crippen LogP contribution >= 0.6 is 23.1 Å². The van der Waals surface area contributed by atoms with Crippen LogP contribution in [0.5, 0.6) is 0 Å². The number of hydrogen-bond donors (Lipinski definition) is 2. The van der Waals surface area contributed by atoms with Gasteiger partial charge in [0.15, 0.2) is 0 Å². The smallest absolute Gasteiger partial charge is 0.259 e. The SMILES string of the molecule is O=C(CSCc1nc2sc3c(c2c(=O)[nH]1)CCC3)NCc1ccncc1. The largest absolute Gasteiger partial charge is 0.351 e. The first kappa shape index (κ1) is 17.2. The first-order valence-corrected chi connectivity index (χ1v) is 10.4. The Morgan fingerprint density at radius 3 is 3.00 bits per heavy atom. The Hall–Kier alpha value is -2.19. The molecule has 1 aliphatic carbocycles. The first-order chi connectivity index (χ1) is 12.7. The van der Waals surface area contributed by atoms with E-state index in [9.17, 15) is 9.59 Å². The van der Waals surface area contributed by atoms with Crippen LogP contribution in [0.4, 0.5) is 0 Å². The number of hydrogen-bond acceptors (Lipinski definition) is 6. The molecule has 0 unspecified atom stereocenters. The Bertz CT molecular complexity index is 998. The van der Waals surface area contributed by atoms with Gasteiger partial charge in [0.2, 0.25) is 5.91 Å². The molecular weight excluding hydrogens is 368 g/mol. The Morgan fingerprint density at radius 2 is 2.15 bits per heavy atom. The number of amides is 1. The predicted molar refractivity (Wildman–Crippen MR) is 105 cm³/mol. The lowest BCUT2D eigenvalue weighted by Crippen LogP contribution is -2.24. The summed E-state index contributed by atoms with van der Waals surface area (Å²) in [5, 5.41) is 3.64. The monoisotopic (exact) mass is 386 g/mol. The van der Waals surface area contributed by atoms with Crippen LogP contribution in [0.2, 0.25) is 0 Å². The number of rotatable bonds is 6. The van der Waals surface area contributed by atoms with Crippen LogP contribution in [0, 0.1) is 0 Å². The minimum Gasteiger partial charge on any atom is -0.351 e. The average molecular weight is 387 g/mol. The highest BCUT2D eigenvalue weighted by atomic mass is 32.2. The molecule has 1 aliphatic rings. The topological polar surface area (TPSA) is 87.7 Å². The summed E-state index contributed by atoms with van der Waals surface area (Å²) in [4.78, 5) is 37.9. The quantitative estimate of drug-likeness (QED) is 0.679. The van der Waals surface area contributed by atoms with E-state index in [1.165, 1.54) is 22.2 Å². The van der Waals surface area contributed by atoms with Crippen LogP contribution in [0.15, 0.2) is 29.3 Å². The summed E-state index contributed by atoms with van der Waals surface area (Å²) in [6, 6.07) is 3.74. The fourth-order valence-corrected chi connectivity index (χ4v) is 5.11. The van der Waals surface area contributed by atoms with Crippen molar-refractivity contribution in [3.63, 3.8) is 0 Å². The fourth-order valence-electron chi connectivity index (χ4n) is 3.11. The van der Waals surface area contributed by atoms with Crippen LogP contribution in [-0.4, -0.2) is 26.6 Å². The lowest BCUT2D eigenvalue weighted by molar-refractivity contribution is -0.118. The molecule has 134 valence electrons. The standard InChI is InChI=1S/C18H18N4O2S2/c23-15(20-8-11-4-6-19-7-5-11)10-25-9-14-21-17(24)16-12-2-1-3-13(12)26-18(16)22-14/h4-7H,1-3,8-10H2,(H,20,23)(H,21,22,24). The number of carbonyl (C=O) groups is 1. The normalized spacial score (nSPS) is 13.1. The van der Waals surface area contributed by atoms with E-state index in [-0.39, 0.29) is 11.5 Å². The number of fused-ring (bicyclic) bond motifs is 3. The summed E-state index contributed by atoms with van der Waals surface area (Å²) in [5.41, 5.74) is 2.15. The Kier molecular flexibility index (Phi) is 5.03. The maximum atomic E-state index is 12.4.